The van der Waals surface area contributed by atoms with Gasteiger partial charge in [-0.25, -0.2) is 8.42 Å². The Balaban J connectivity index is 3.00. The van der Waals surface area contributed by atoms with Crippen molar-refractivity contribution in [1.29, 1.82) is 5.39 Å². The van der Waals surface area contributed by atoms with Crippen LogP contribution in [0.4, 0.5) is 5.69 Å². The number of rotatable bonds is 2. The average molecular weight is 299 g/mol. The minimum absolute atomic E-state index is 0.0499. The minimum Gasteiger partial charge on any atom is -0.867 e. The summed E-state index contributed by atoms with van der Waals surface area (Å²) in [6, 6.07) is 5.20. The summed E-state index contributed by atoms with van der Waals surface area (Å²) in [4.78, 5) is 2.48. The molecule has 2 rings (SSSR count). The Kier molecular flexibility index (Phi) is 3.22. The molecule has 0 saturated heterocycles. The van der Waals surface area contributed by atoms with Gasteiger partial charge in [0.15, 0.2) is 4.98 Å². The Labute approximate surface area is 113 Å². The highest BCUT2D eigenvalue weighted by atomic mass is 35.7. The SMILES string of the molecule is COc1ccc2c(S(=O)(=O)Cl)cc([N+]#N)c([O-])c2c1. The molecule has 0 amide bonds. The Morgan fingerprint density at radius 1 is 1.32 bits per heavy atom. The lowest BCUT2D eigenvalue weighted by atomic mass is 10.1. The first kappa shape index (κ1) is 13.4. The molecule has 0 heterocycles. The lowest BCUT2D eigenvalue weighted by molar-refractivity contribution is -0.264. The van der Waals surface area contributed by atoms with Crippen LogP contribution in [0.15, 0.2) is 29.2 Å². The van der Waals surface area contributed by atoms with Gasteiger partial charge in [-0.2, -0.15) is 0 Å². The number of hydrogen-bond donors (Lipinski definition) is 0. The highest BCUT2D eigenvalue weighted by molar-refractivity contribution is 8.14. The molecule has 0 aliphatic carbocycles. The van der Waals surface area contributed by atoms with E-state index in [1.165, 1.54) is 25.3 Å². The van der Waals surface area contributed by atoms with Crippen molar-refractivity contribution in [3.63, 3.8) is 0 Å². The van der Waals surface area contributed by atoms with Gasteiger partial charge in [-0.15, -0.1) is 0 Å². The Morgan fingerprint density at radius 2 is 2.00 bits per heavy atom. The second-order valence-electron chi connectivity index (χ2n) is 3.67. The summed E-state index contributed by atoms with van der Waals surface area (Å²) in [6.45, 7) is 0. The van der Waals surface area contributed by atoms with E-state index in [0.29, 0.717) is 5.75 Å². The van der Waals surface area contributed by atoms with Gasteiger partial charge in [0.1, 0.15) is 5.75 Å². The van der Waals surface area contributed by atoms with Crippen LogP contribution in [0.2, 0.25) is 0 Å². The van der Waals surface area contributed by atoms with Gasteiger partial charge in [0.05, 0.1) is 18.1 Å². The number of hydrogen-bond acceptors (Lipinski definition) is 5. The third kappa shape index (κ3) is 2.28. The van der Waals surface area contributed by atoms with Crippen LogP contribution in [0.25, 0.3) is 15.7 Å². The molecule has 0 aromatic heterocycles. The molecule has 8 heteroatoms. The van der Waals surface area contributed by atoms with Crippen molar-refractivity contribution in [3.8, 4) is 11.5 Å². The van der Waals surface area contributed by atoms with Crippen molar-refractivity contribution in [2.24, 2.45) is 0 Å². The van der Waals surface area contributed by atoms with Crippen molar-refractivity contribution < 1.29 is 18.3 Å². The fraction of sp³-hybridized carbons (Fsp3) is 0.0909. The van der Waals surface area contributed by atoms with E-state index in [9.17, 15) is 13.5 Å². The molecule has 2 aromatic carbocycles. The third-order valence-electron chi connectivity index (χ3n) is 2.61. The first-order valence-electron chi connectivity index (χ1n) is 5.00. The Hall–Kier alpha value is -2.04. The number of nitrogens with zero attached hydrogens (tertiary/aromatic N) is 2. The van der Waals surface area contributed by atoms with Gasteiger partial charge >= 0.3 is 5.69 Å². The Morgan fingerprint density at radius 3 is 2.53 bits per heavy atom. The summed E-state index contributed by atoms with van der Waals surface area (Å²) in [6.07, 6.45) is 0. The van der Waals surface area contributed by atoms with Gasteiger partial charge in [0, 0.05) is 16.1 Å². The van der Waals surface area contributed by atoms with E-state index in [1.807, 2.05) is 0 Å². The van der Waals surface area contributed by atoms with E-state index in [0.717, 1.165) is 6.07 Å². The molecule has 0 unspecified atom stereocenters. The monoisotopic (exact) mass is 298 g/mol. The number of ether oxygens (including phenoxy) is 1. The summed E-state index contributed by atoms with van der Waals surface area (Å²) in [5.74, 6) is -0.238. The summed E-state index contributed by atoms with van der Waals surface area (Å²) in [7, 11) is 2.64. The van der Waals surface area contributed by atoms with Crippen LogP contribution in [-0.4, -0.2) is 15.5 Å². The summed E-state index contributed by atoms with van der Waals surface area (Å²) in [5.41, 5.74) is -0.403. The first-order chi connectivity index (χ1) is 8.88. The van der Waals surface area contributed by atoms with Crippen molar-refractivity contribution in [2.75, 3.05) is 7.11 Å². The maximum absolute atomic E-state index is 12.0. The van der Waals surface area contributed by atoms with Crippen LogP contribution in [0.3, 0.4) is 0 Å². The molecule has 0 aliphatic rings. The van der Waals surface area contributed by atoms with Gasteiger partial charge in [0.25, 0.3) is 9.05 Å². The standard InChI is InChI=1S/C11H7ClN2O4S/c1-18-6-2-3-7-8(4-6)11(15)9(14-13)5-10(7)19(12,16)17/h2-5H,1H3. The molecule has 0 fully saturated rings. The predicted octanol–water partition coefficient (Wildman–Crippen LogP) is 2.33. The van der Waals surface area contributed by atoms with Crippen molar-refractivity contribution >= 4 is 36.2 Å². The normalized spacial score (nSPS) is 11.2. The number of diazo groups is 1. The van der Waals surface area contributed by atoms with Crippen molar-refractivity contribution in [2.45, 2.75) is 4.90 Å². The zero-order valence-corrected chi connectivity index (χ0v) is 11.2. The quantitative estimate of drug-likeness (QED) is 0.626. The summed E-state index contributed by atoms with van der Waals surface area (Å²) >= 11 is 0. The molecule has 0 aliphatic heterocycles. The molecule has 0 bridgehead atoms. The van der Waals surface area contributed by atoms with Crippen LogP contribution in [0.1, 0.15) is 0 Å². The molecular weight excluding hydrogens is 292 g/mol. The van der Waals surface area contributed by atoms with E-state index in [2.05, 4.69) is 4.98 Å². The van der Waals surface area contributed by atoms with Gasteiger partial charge in [0.2, 0.25) is 5.39 Å². The molecule has 2 aromatic rings. The third-order valence-corrected chi connectivity index (χ3v) is 3.97. The number of halogens is 1. The molecule has 0 N–H and O–H groups in total. The van der Waals surface area contributed by atoms with Gasteiger partial charge in [-0.3, -0.25) is 0 Å². The van der Waals surface area contributed by atoms with Crippen LogP contribution < -0.4 is 9.84 Å². The largest absolute Gasteiger partial charge is 0.867 e. The fourth-order valence-electron chi connectivity index (χ4n) is 1.73. The lowest BCUT2D eigenvalue weighted by Gasteiger charge is -2.11. The zero-order valence-electron chi connectivity index (χ0n) is 9.62. The molecule has 19 heavy (non-hydrogen) atoms. The van der Waals surface area contributed by atoms with E-state index < -0.39 is 20.5 Å². The topological polar surface area (TPSA) is 94.6 Å². The summed E-state index contributed by atoms with van der Waals surface area (Å²) in [5, 5.41) is 20.9. The van der Waals surface area contributed by atoms with E-state index >= 15 is 0 Å². The van der Waals surface area contributed by atoms with E-state index in [4.69, 9.17) is 20.8 Å². The first-order valence-corrected chi connectivity index (χ1v) is 7.31. The highest BCUT2D eigenvalue weighted by Crippen LogP contribution is 2.39. The minimum atomic E-state index is -4.08. The molecule has 0 radical (unpaired) electrons. The molecule has 0 atom stereocenters. The van der Waals surface area contributed by atoms with Crippen LogP contribution in [0, 0.1) is 5.39 Å². The fourth-order valence-corrected chi connectivity index (χ4v) is 2.81. The highest BCUT2D eigenvalue weighted by Gasteiger charge is 2.22. The van der Waals surface area contributed by atoms with Crippen molar-refractivity contribution in [1.82, 2.24) is 0 Å². The Bertz CT molecular complexity index is 812. The number of fused-ring (bicyclic) bond motifs is 1. The molecule has 0 spiro atoms. The molecule has 98 valence electrons. The van der Waals surface area contributed by atoms with Gasteiger partial charge in [-0.05, 0) is 29.3 Å². The van der Waals surface area contributed by atoms with Crippen LogP contribution in [-0.2, 0) is 9.05 Å². The maximum atomic E-state index is 12.0. The second kappa shape index (κ2) is 4.57. The molecule has 0 saturated carbocycles. The molecule has 6 nitrogen and oxygen atoms in total. The number of methoxy groups -OCH3 is 1. The summed E-state index contributed by atoms with van der Waals surface area (Å²) < 4.78 is 27.9. The molecular formula is C11H7ClN2O4S. The lowest BCUT2D eigenvalue weighted by Crippen LogP contribution is -1.98. The van der Waals surface area contributed by atoms with Crippen LogP contribution in [0.5, 0.6) is 11.5 Å². The zero-order chi connectivity index (χ0) is 14.2. The predicted molar refractivity (Wildman–Crippen MR) is 67.7 cm³/mol. The van der Waals surface area contributed by atoms with Crippen molar-refractivity contribution in [3.05, 3.63) is 29.2 Å². The van der Waals surface area contributed by atoms with E-state index in [1.54, 1.807) is 0 Å². The second-order valence-corrected chi connectivity index (χ2v) is 6.21. The van der Waals surface area contributed by atoms with Crippen LogP contribution >= 0.6 is 10.7 Å². The number of benzene rings is 2. The smallest absolute Gasteiger partial charge is 0.379 e. The van der Waals surface area contributed by atoms with Gasteiger partial charge in [-0.1, -0.05) is 0 Å². The maximum Gasteiger partial charge on any atom is 0.379 e. The van der Waals surface area contributed by atoms with Gasteiger partial charge < -0.3 is 9.84 Å². The van der Waals surface area contributed by atoms with E-state index in [-0.39, 0.29) is 15.7 Å². The average Bonchev–Trinajstić information content (AvgIpc) is 2.37.